The fraction of sp³-hybridized carbons (Fsp3) is 0.917. The van der Waals surface area contributed by atoms with Gasteiger partial charge < -0.3 is 10.6 Å². The number of likely N-dealkylation sites (tertiary alicyclic amines) is 1. The summed E-state index contributed by atoms with van der Waals surface area (Å²) in [5.41, 5.74) is 5.65. The summed E-state index contributed by atoms with van der Waals surface area (Å²) in [4.78, 5) is 14.1. The number of piperidine rings is 1. The van der Waals surface area contributed by atoms with Crippen LogP contribution in [0.25, 0.3) is 0 Å². The zero-order valence-corrected chi connectivity index (χ0v) is 12.7. The fourth-order valence-electron chi connectivity index (χ4n) is 2.41. The van der Waals surface area contributed by atoms with Crippen LogP contribution in [-0.2, 0) is 14.8 Å². The molecule has 0 bridgehead atoms. The van der Waals surface area contributed by atoms with Crippen LogP contribution in [0.15, 0.2) is 0 Å². The Labute approximate surface area is 115 Å². The Morgan fingerprint density at radius 2 is 1.89 bits per heavy atom. The second kappa shape index (κ2) is 6.67. The van der Waals surface area contributed by atoms with Crippen LogP contribution in [0, 0.1) is 11.8 Å². The Hall–Kier alpha value is -0.660. The SMILES string of the molecule is CC(C)C(CN)C(=O)N1CCC(NS(C)(=O)=O)CC1. The minimum Gasteiger partial charge on any atom is -0.342 e. The number of hydrogen-bond donors (Lipinski definition) is 2. The Kier molecular flexibility index (Phi) is 5.76. The lowest BCUT2D eigenvalue weighted by Crippen LogP contribution is -2.49. The molecule has 0 aromatic rings. The molecule has 3 N–H and O–H groups in total. The van der Waals surface area contributed by atoms with E-state index in [1.165, 1.54) is 0 Å². The predicted octanol–water partition coefficient (Wildman–Crippen LogP) is -0.242. The van der Waals surface area contributed by atoms with Crippen molar-refractivity contribution in [1.29, 1.82) is 0 Å². The maximum Gasteiger partial charge on any atom is 0.227 e. The van der Waals surface area contributed by atoms with Crippen molar-refractivity contribution in [2.24, 2.45) is 17.6 Å². The predicted molar refractivity (Wildman–Crippen MR) is 75.0 cm³/mol. The van der Waals surface area contributed by atoms with Crippen molar-refractivity contribution in [3.05, 3.63) is 0 Å². The maximum atomic E-state index is 12.3. The van der Waals surface area contributed by atoms with Gasteiger partial charge in [0.15, 0.2) is 0 Å². The molecule has 0 aliphatic carbocycles. The third-order valence-corrected chi connectivity index (χ3v) is 4.32. The third kappa shape index (κ3) is 5.08. The molecule has 1 rings (SSSR count). The van der Waals surface area contributed by atoms with Crippen LogP contribution in [0.3, 0.4) is 0 Å². The molecule has 0 spiro atoms. The van der Waals surface area contributed by atoms with Crippen molar-refractivity contribution in [3.8, 4) is 0 Å². The van der Waals surface area contributed by atoms with Crippen molar-refractivity contribution in [3.63, 3.8) is 0 Å². The first kappa shape index (κ1) is 16.4. The van der Waals surface area contributed by atoms with E-state index in [1.54, 1.807) is 4.90 Å². The first-order valence-corrected chi connectivity index (χ1v) is 8.60. The molecule has 0 aromatic heterocycles. The van der Waals surface area contributed by atoms with E-state index in [-0.39, 0.29) is 23.8 Å². The van der Waals surface area contributed by atoms with Gasteiger partial charge in [-0.05, 0) is 18.8 Å². The van der Waals surface area contributed by atoms with E-state index in [0.717, 1.165) is 6.26 Å². The molecule has 1 fully saturated rings. The largest absolute Gasteiger partial charge is 0.342 e. The summed E-state index contributed by atoms with van der Waals surface area (Å²) in [5.74, 6) is 0.180. The van der Waals surface area contributed by atoms with E-state index >= 15 is 0 Å². The molecule has 1 heterocycles. The molecule has 0 aromatic carbocycles. The number of sulfonamides is 1. The number of rotatable bonds is 5. The van der Waals surface area contributed by atoms with Crippen LogP contribution in [0.5, 0.6) is 0 Å². The van der Waals surface area contributed by atoms with Gasteiger partial charge in [-0.3, -0.25) is 4.79 Å². The zero-order valence-electron chi connectivity index (χ0n) is 11.9. The summed E-state index contributed by atoms with van der Waals surface area (Å²) in [5, 5.41) is 0. The van der Waals surface area contributed by atoms with Gasteiger partial charge >= 0.3 is 0 Å². The van der Waals surface area contributed by atoms with Crippen molar-refractivity contribution >= 4 is 15.9 Å². The molecular formula is C12H25N3O3S. The van der Waals surface area contributed by atoms with Gasteiger partial charge in [-0.2, -0.15) is 0 Å². The summed E-state index contributed by atoms with van der Waals surface area (Å²) in [6.07, 6.45) is 2.48. The molecule has 1 saturated heterocycles. The van der Waals surface area contributed by atoms with Gasteiger partial charge in [0.2, 0.25) is 15.9 Å². The lowest BCUT2D eigenvalue weighted by atomic mass is 9.93. The maximum absolute atomic E-state index is 12.3. The average Bonchev–Trinajstić information content (AvgIpc) is 2.28. The van der Waals surface area contributed by atoms with Gasteiger partial charge in [-0.25, -0.2) is 13.1 Å². The highest BCUT2D eigenvalue weighted by Crippen LogP contribution is 2.18. The van der Waals surface area contributed by atoms with E-state index in [0.29, 0.717) is 32.5 Å². The molecule has 6 nitrogen and oxygen atoms in total. The molecular weight excluding hydrogens is 266 g/mol. The van der Waals surface area contributed by atoms with Crippen molar-refractivity contribution in [2.75, 3.05) is 25.9 Å². The summed E-state index contributed by atoms with van der Waals surface area (Å²) in [6, 6.07) is -0.0607. The quantitative estimate of drug-likeness (QED) is 0.731. The van der Waals surface area contributed by atoms with Crippen LogP contribution in [0.1, 0.15) is 26.7 Å². The van der Waals surface area contributed by atoms with Crippen molar-refractivity contribution in [2.45, 2.75) is 32.7 Å². The topological polar surface area (TPSA) is 92.5 Å². The normalized spacial score (nSPS) is 19.7. The fourth-order valence-corrected chi connectivity index (χ4v) is 3.25. The molecule has 112 valence electrons. The van der Waals surface area contributed by atoms with Crippen molar-refractivity contribution < 1.29 is 13.2 Å². The Morgan fingerprint density at radius 3 is 2.26 bits per heavy atom. The molecule has 0 saturated carbocycles. The van der Waals surface area contributed by atoms with E-state index < -0.39 is 10.0 Å². The van der Waals surface area contributed by atoms with Crippen LogP contribution in [-0.4, -0.2) is 51.2 Å². The number of carbonyl (C=O) groups is 1. The third-order valence-electron chi connectivity index (χ3n) is 3.56. The number of nitrogens with zero attached hydrogens (tertiary/aromatic N) is 1. The van der Waals surface area contributed by atoms with Crippen LogP contribution in [0.4, 0.5) is 0 Å². The summed E-state index contributed by atoms with van der Waals surface area (Å²) < 4.78 is 24.9. The number of carbonyl (C=O) groups excluding carboxylic acids is 1. The average molecular weight is 291 g/mol. The molecule has 1 amide bonds. The minimum absolute atomic E-state index is 0.0607. The van der Waals surface area contributed by atoms with E-state index in [9.17, 15) is 13.2 Å². The first-order valence-electron chi connectivity index (χ1n) is 6.70. The Balaban J connectivity index is 2.51. The number of nitrogens with two attached hydrogens (primary N) is 1. The molecule has 1 unspecified atom stereocenters. The second-order valence-electron chi connectivity index (χ2n) is 5.58. The molecule has 7 heteroatoms. The van der Waals surface area contributed by atoms with Gasteiger partial charge in [0.1, 0.15) is 0 Å². The summed E-state index contributed by atoms with van der Waals surface area (Å²) >= 11 is 0. The standard InChI is InChI=1S/C12H25N3O3S/c1-9(2)11(8-13)12(16)15-6-4-10(5-7-15)14-19(3,17)18/h9-11,14H,4-8,13H2,1-3H3. The number of nitrogens with one attached hydrogen (secondary N) is 1. The number of hydrogen-bond acceptors (Lipinski definition) is 4. The Bertz CT molecular complexity index is 400. The molecule has 1 atom stereocenters. The van der Waals surface area contributed by atoms with E-state index in [1.807, 2.05) is 13.8 Å². The molecule has 19 heavy (non-hydrogen) atoms. The molecule has 1 aliphatic rings. The van der Waals surface area contributed by atoms with Crippen LogP contribution < -0.4 is 10.5 Å². The van der Waals surface area contributed by atoms with Crippen molar-refractivity contribution in [1.82, 2.24) is 9.62 Å². The van der Waals surface area contributed by atoms with E-state index in [2.05, 4.69) is 4.72 Å². The monoisotopic (exact) mass is 291 g/mol. The highest BCUT2D eigenvalue weighted by Gasteiger charge is 2.29. The lowest BCUT2D eigenvalue weighted by molar-refractivity contribution is -0.137. The zero-order chi connectivity index (χ0) is 14.6. The smallest absolute Gasteiger partial charge is 0.227 e. The van der Waals surface area contributed by atoms with Gasteiger partial charge in [0.05, 0.1) is 12.2 Å². The minimum atomic E-state index is -3.17. The Morgan fingerprint density at radius 1 is 1.37 bits per heavy atom. The van der Waals surface area contributed by atoms with Gasteiger partial charge in [-0.1, -0.05) is 13.8 Å². The first-order chi connectivity index (χ1) is 8.74. The summed E-state index contributed by atoms with van der Waals surface area (Å²) in [7, 11) is -3.17. The van der Waals surface area contributed by atoms with E-state index in [4.69, 9.17) is 5.73 Å². The second-order valence-corrected chi connectivity index (χ2v) is 7.36. The van der Waals surface area contributed by atoms with Gasteiger partial charge in [0, 0.05) is 25.7 Å². The lowest BCUT2D eigenvalue weighted by Gasteiger charge is -2.34. The number of amides is 1. The summed E-state index contributed by atoms with van der Waals surface area (Å²) in [6.45, 7) is 5.53. The highest BCUT2D eigenvalue weighted by molar-refractivity contribution is 7.88. The van der Waals surface area contributed by atoms with Crippen LogP contribution in [0.2, 0.25) is 0 Å². The molecule has 1 aliphatic heterocycles. The van der Waals surface area contributed by atoms with Crippen LogP contribution >= 0.6 is 0 Å². The van der Waals surface area contributed by atoms with Gasteiger partial charge in [-0.15, -0.1) is 0 Å². The molecule has 0 radical (unpaired) electrons. The van der Waals surface area contributed by atoms with Gasteiger partial charge in [0.25, 0.3) is 0 Å². The highest BCUT2D eigenvalue weighted by atomic mass is 32.2.